The van der Waals surface area contributed by atoms with Gasteiger partial charge in [-0.25, -0.2) is 0 Å². The number of thiophene rings is 1. The van der Waals surface area contributed by atoms with Gasteiger partial charge < -0.3 is 0 Å². The van der Waals surface area contributed by atoms with Crippen LogP contribution < -0.4 is 0 Å². The van der Waals surface area contributed by atoms with E-state index in [2.05, 4.69) is 25.6 Å². The lowest BCUT2D eigenvalue weighted by molar-refractivity contribution is 0.757. The first-order chi connectivity index (χ1) is 5.24. The van der Waals surface area contributed by atoms with Crippen LogP contribution in [0.2, 0.25) is 4.34 Å². The first-order valence-electron chi connectivity index (χ1n) is 3.60. The molecule has 1 heterocycles. The maximum absolute atomic E-state index is 5.80. The molecular weight excluding hydrogens is 196 g/mol. The minimum absolute atomic E-state index is 0.602. The average Bonchev–Trinajstić information content (AvgIpc) is 2.36. The summed E-state index contributed by atoms with van der Waals surface area (Å²) in [5.74, 6) is 1.54. The van der Waals surface area contributed by atoms with Gasteiger partial charge in [0.15, 0.2) is 0 Å². The summed E-state index contributed by atoms with van der Waals surface area (Å²) in [4.78, 5) is 1.36. The van der Waals surface area contributed by atoms with Crippen LogP contribution in [-0.4, -0.2) is 5.75 Å². The van der Waals surface area contributed by atoms with Gasteiger partial charge in [0.1, 0.15) is 0 Å². The summed E-state index contributed by atoms with van der Waals surface area (Å²) in [7, 11) is 0. The third-order valence-corrected chi connectivity index (χ3v) is 3.36. The van der Waals surface area contributed by atoms with Crippen LogP contribution in [0, 0.1) is 0 Å². The number of thiol groups is 1. The molecule has 1 rings (SSSR count). The zero-order valence-corrected chi connectivity index (χ0v) is 8.85. The Labute approximate surface area is 82.0 Å². The Morgan fingerprint density at radius 2 is 2.36 bits per heavy atom. The van der Waals surface area contributed by atoms with Gasteiger partial charge in [-0.3, -0.25) is 0 Å². The van der Waals surface area contributed by atoms with E-state index in [0.29, 0.717) is 5.92 Å². The molecule has 0 saturated heterocycles. The molecule has 0 aliphatic heterocycles. The Balaban J connectivity index is 2.60. The van der Waals surface area contributed by atoms with E-state index in [4.69, 9.17) is 11.6 Å². The lowest BCUT2D eigenvalue weighted by Crippen LogP contribution is -1.89. The molecule has 11 heavy (non-hydrogen) atoms. The topological polar surface area (TPSA) is 0 Å². The Kier molecular flexibility index (Phi) is 3.76. The van der Waals surface area contributed by atoms with Crippen molar-refractivity contribution in [2.24, 2.45) is 0 Å². The number of hydrogen-bond acceptors (Lipinski definition) is 2. The van der Waals surface area contributed by atoms with E-state index in [1.807, 2.05) is 6.07 Å². The van der Waals surface area contributed by atoms with Crippen LogP contribution in [0.3, 0.4) is 0 Å². The molecule has 1 atom stereocenters. The summed E-state index contributed by atoms with van der Waals surface area (Å²) in [6.45, 7) is 2.21. The minimum atomic E-state index is 0.602. The molecule has 1 unspecified atom stereocenters. The smallest absolute Gasteiger partial charge is 0.0931 e. The molecule has 0 aromatic carbocycles. The van der Waals surface area contributed by atoms with Gasteiger partial charge in [-0.05, 0) is 30.2 Å². The van der Waals surface area contributed by atoms with Crippen molar-refractivity contribution >= 4 is 35.6 Å². The molecule has 0 aliphatic rings. The molecule has 1 aromatic rings. The highest BCUT2D eigenvalue weighted by Gasteiger charge is 2.06. The summed E-state index contributed by atoms with van der Waals surface area (Å²) in [5.41, 5.74) is 0. The van der Waals surface area contributed by atoms with Crippen molar-refractivity contribution in [3.05, 3.63) is 21.3 Å². The van der Waals surface area contributed by atoms with E-state index in [0.717, 1.165) is 16.5 Å². The molecule has 0 aliphatic carbocycles. The predicted molar refractivity (Wildman–Crippen MR) is 56.2 cm³/mol. The normalized spacial score (nSPS) is 13.4. The van der Waals surface area contributed by atoms with E-state index < -0.39 is 0 Å². The summed E-state index contributed by atoms with van der Waals surface area (Å²) < 4.78 is 0.881. The van der Waals surface area contributed by atoms with Crippen molar-refractivity contribution in [1.82, 2.24) is 0 Å². The summed E-state index contributed by atoms with van der Waals surface area (Å²) in [5, 5.41) is 0. The second kappa shape index (κ2) is 4.39. The molecule has 62 valence electrons. The second-order valence-corrected chi connectivity index (χ2v) is 4.75. The summed E-state index contributed by atoms with van der Waals surface area (Å²) in [6, 6.07) is 4.05. The van der Waals surface area contributed by atoms with Gasteiger partial charge in [0, 0.05) is 4.88 Å². The van der Waals surface area contributed by atoms with Gasteiger partial charge in [0.05, 0.1) is 4.34 Å². The zero-order chi connectivity index (χ0) is 8.27. The van der Waals surface area contributed by atoms with E-state index in [-0.39, 0.29) is 0 Å². The van der Waals surface area contributed by atoms with Crippen molar-refractivity contribution in [2.75, 3.05) is 5.75 Å². The number of hydrogen-bond donors (Lipinski definition) is 1. The van der Waals surface area contributed by atoms with E-state index in [1.54, 1.807) is 11.3 Å². The molecule has 0 radical (unpaired) electrons. The van der Waals surface area contributed by atoms with Crippen LogP contribution in [0.15, 0.2) is 12.1 Å². The van der Waals surface area contributed by atoms with E-state index in [1.165, 1.54) is 4.88 Å². The Bertz CT molecular complexity index is 220. The molecule has 0 fully saturated rings. The van der Waals surface area contributed by atoms with Crippen molar-refractivity contribution in [2.45, 2.75) is 19.3 Å². The van der Waals surface area contributed by atoms with Crippen LogP contribution in [-0.2, 0) is 0 Å². The third kappa shape index (κ3) is 2.69. The maximum atomic E-state index is 5.80. The van der Waals surface area contributed by atoms with E-state index >= 15 is 0 Å². The van der Waals surface area contributed by atoms with Crippen LogP contribution in [0.1, 0.15) is 24.1 Å². The number of halogens is 1. The standard InChI is InChI=1S/C8H11ClS2/c1-6(4-5-10)7-2-3-8(9)11-7/h2-3,6,10H,4-5H2,1H3. The SMILES string of the molecule is CC(CCS)c1ccc(Cl)s1. The average molecular weight is 207 g/mol. The highest BCUT2D eigenvalue weighted by molar-refractivity contribution is 7.80. The lowest BCUT2D eigenvalue weighted by atomic mass is 10.1. The molecule has 0 saturated carbocycles. The first-order valence-corrected chi connectivity index (χ1v) is 5.43. The molecule has 0 spiro atoms. The van der Waals surface area contributed by atoms with Crippen LogP contribution >= 0.6 is 35.6 Å². The molecule has 0 amide bonds. The monoisotopic (exact) mass is 206 g/mol. The van der Waals surface area contributed by atoms with Gasteiger partial charge in [0.25, 0.3) is 0 Å². The van der Waals surface area contributed by atoms with Gasteiger partial charge in [-0.2, -0.15) is 12.6 Å². The van der Waals surface area contributed by atoms with E-state index in [9.17, 15) is 0 Å². The van der Waals surface area contributed by atoms with Crippen molar-refractivity contribution in [3.63, 3.8) is 0 Å². The predicted octanol–water partition coefficient (Wildman–Crippen LogP) is 3.82. The third-order valence-electron chi connectivity index (χ3n) is 1.64. The van der Waals surface area contributed by atoms with Gasteiger partial charge in [-0.1, -0.05) is 18.5 Å². The van der Waals surface area contributed by atoms with Gasteiger partial charge in [0.2, 0.25) is 0 Å². The fourth-order valence-electron chi connectivity index (χ4n) is 0.929. The number of rotatable bonds is 3. The summed E-state index contributed by atoms with van der Waals surface area (Å²) >= 11 is 11.7. The van der Waals surface area contributed by atoms with Crippen molar-refractivity contribution in [3.8, 4) is 0 Å². The van der Waals surface area contributed by atoms with Gasteiger partial charge in [-0.15, -0.1) is 11.3 Å². The lowest BCUT2D eigenvalue weighted by Gasteiger charge is -2.04. The first kappa shape index (κ1) is 9.43. The van der Waals surface area contributed by atoms with Crippen molar-refractivity contribution < 1.29 is 0 Å². The quantitative estimate of drug-likeness (QED) is 0.715. The molecule has 0 N–H and O–H groups in total. The minimum Gasteiger partial charge on any atom is -0.179 e. The Morgan fingerprint density at radius 1 is 1.64 bits per heavy atom. The van der Waals surface area contributed by atoms with Gasteiger partial charge >= 0.3 is 0 Å². The fraction of sp³-hybridized carbons (Fsp3) is 0.500. The molecular formula is C8H11ClS2. The molecule has 0 nitrogen and oxygen atoms in total. The second-order valence-electron chi connectivity index (χ2n) is 2.56. The van der Waals surface area contributed by atoms with Crippen LogP contribution in [0.4, 0.5) is 0 Å². The molecule has 1 aromatic heterocycles. The zero-order valence-electron chi connectivity index (χ0n) is 6.38. The van der Waals surface area contributed by atoms with Crippen LogP contribution in [0.25, 0.3) is 0 Å². The maximum Gasteiger partial charge on any atom is 0.0931 e. The highest BCUT2D eigenvalue weighted by Crippen LogP contribution is 2.29. The molecule has 0 bridgehead atoms. The fourth-order valence-corrected chi connectivity index (χ4v) is 2.46. The largest absolute Gasteiger partial charge is 0.179 e. The molecule has 3 heteroatoms. The Hall–Kier alpha value is 0.340. The van der Waals surface area contributed by atoms with Crippen LogP contribution in [0.5, 0.6) is 0 Å². The Morgan fingerprint density at radius 3 is 2.82 bits per heavy atom. The summed E-state index contributed by atoms with van der Waals surface area (Å²) in [6.07, 6.45) is 1.12. The van der Waals surface area contributed by atoms with Crippen molar-refractivity contribution in [1.29, 1.82) is 0 Å². The highest BCUT2D eigenvalue weighted by atomic mass is 35.5.